The van der Waals surface area contributed by atoms with E-state index >= 15 is 0 Å². The Kier molecular flexibility index (Phi) is 6.22. The van der Waals surface area contributed by atoms with E-state index in [2.05, 4.69) is 17.3 Å². The molecule has 27 heavy (non-hydrogen) atoms. The molecule has 1 N–H and O–H groups in total. The molecule has 0 amide bonds. The van der Waals surface area contributed by atoms with E-state index in [9.17, 15) is 8.78 Å². The van der Waals surface area contributed by atoms with Crippen LogP contribution in [0.15, 0.2) is 66.7 Å². The Hall–Kier alpha value is -3.12. The Morgan fingerprint density at radius 1 is 0.852 bits per heavy atom. The van der Waals surface area contributed by atoms with Crippen LogP contribution in [0.3, 0.4) is 0 Å². The second-order valence-corrected chi connectivity index (χ2v) is 6.36. The number of hydrogen-bond donors (Lipinski definition) is 1. The molecule has 0 atom stereocenters. The maximum absolute atomic E-state index is 14.1. The van der Waals surface area contributed by atoms with E-state index in [4.69, 9.17) is 0 Å². The van der Waals surface area contributed by atoms with E-state index in [-0.39, 0.29) is 5.56 Å². The zero-order chi connectivity index (χ0) is 19.1. The van der Waals surface area contributed by atoms with Gasteiger partial charge in [0.2, 0.25) is 0 Å². The summed E-state index contributed by atoms with van der Waals surface area (Å²) < 4.78 is 28.3. The number of anilines is 1. The van der Waals surface area contributed by atoms with Crippen LogP contribution in [-0.4, -0.2) is 0 Å². The van der Waals surface area contributed by atoms with Crippen LogP contribution < -0.4 is 5.32 Å². The van der Waals surface area contributed by atoms with Crippen LogP contribution in [0.25, 0.3) is 11.1 Å². The van der Waals surface area contributed by atoms with Gasteiger partial charge in [-0.25, -0.2) is 8.78 Å². The molecule has 1 nitrogen and oxygen atoms in total. The molecule has 0 heterocycles. The number of hydrogen-bond acceptors (Lipinski definition) is 1. The molecule has 0 unspecified atom stereocenters. The summed E-state index contributed by atoms with van der Waals surface area (Å²) >= 11 is 0. The molecule has 0 aliphatic heterocycles. The van der Waals surface area contributed by atoms with Gasteiger partial charge < -0.3 is 5.32 Å². The molecule has 3 aromatic carbocycles. The number of rotatable bonds is 5. The number of aryl methyl sites for hydroxylation is 1. The van der Waals surface area contributed by atoms with Gasteiger partial charge in [0, 0.05) is 11.7 Å². The van der Waals surface area contributed by atoms with Crippen molar-refractivity contribution in [3.8, 4) is 23.1 Å². The second kappa shape index (κ2) is 9.00. The van der Waals surface area contributed by atoms with E-state index < -0.39 is 11.6 Å². The van der Waals surface area contributed by atoms with Crippen molar-refractivity contribution in [2.75, 3.05) is 5.32 Å². The van der Waals surface area contributed by atoms with Crippen LogP contribution in [0.4, 0.5) is 14.5 Å². The average molecular weight is 361 g/mol. The van der Waals surface area contributed by atoms with Gasteiger partial charge in [-0.05, 0) is 59.7 Å². The minimum Gasteiger partial charge on any atom is -0.315 e. The smallest absolute Gasteiger partial charge is 0.142 e. The minimum absolute atomic E-state index is 0.205. The van der Waals surface area contributed by atoms with Gasteiger partial charge in [-0.15, -0.1) is 0 Å². The summed E-state index contributed by atoms with van der Waals surface area (Å²) in [5, 5.41) is 2.88. The maximum atomic E-state index is 14.1. The van der Waals surface area contributed by atoms with E-state index in [1.54, 1.807) is 0 Å². The van der Waals surface area contributed by atoms with E-state index in [1.807, 2.05) is 61.5 Å². The summed E-state index contributed by atoms with van der Waals surface area (Å²) in [6.07, 6.45) is 2.56. The first-order chi connectivity index (χ1) is 13.2. The van der Waals surface area contributed by atoms with Crippen molar-refractivity contribution >= 4 is 5.69 Å². The molecule has 3 aromatic rings. The largest absolute Gasteiger partial charge is 0.315 e. The molecule has 136 valence electrons. The maximum Gasteiger partial charge on any atom is 0.142 e. The van der Waals surface area contributed by atoms with Gasteiger partial charge in [-0.1, -0.05) is 55.8 Å². The lowest BCUT2D eigenvalue weighted by Gasteiger charge is -2.04. The Morgan fingerprint density at radius 2 is 1.48 bits per heavy atom. The number of nitrogens with one attached hydrogen (secondary N) is 1. The van der Waals surface area contributed by atoms with Gasteiger partial charge in [-0.2, -0.15) is 0 Å². The molecule has 0 aromatic heterocycles. The normalized spacial score (nSPS) is 10.2. The minimum atomic E-state index is -0.616. The third kappa shape index (κ3) is 4.95. The highest BCUT2D eigenvalue weighted by molar-refractivity contribution is 5.66. The van der Waals surface area contributed by atoms with Gasteiger partial charge in [-0.3, -0.25) is 0 Å². The summed E-state index contributed by atoms with van der Waals surface area (Å²) in [5.41, 5.74) is 3.45. The third-order valence-electron chi connectivity index (χ3n) is 4.31. The zero-order valence-corrected chi connectivity index (χ0v) is 15.2. The Bertz CT molecular complexity index is 928. The van der Waals surface area contributed by atoms with Crippen molar-refractivity contribution in [3.05, 3.63) is 89.5 Å². The van der Waals surface area contributed by atoms with Gasteiger partial charge >= 0.3 is 0 Å². The highest BCUT2D eigenvalue weighted by Gasteiger charge is 2.09. The predicted molar refractivity (Wildman–Crippen MR) is 107 cm³/mol. The molecule has 0 radical (unpaired) electrons. The van der Waals surface area contributed by atoms with Gasteiger partial charge in [0.1, 0.15) is 11.6 Å². The summed E-state index contributed by atoms with van der Waals surface area (Å²) in [7, 11) is 0. The SMILES string of the molecule is CCCCc1cc(F)c(C#CNc2ccc(-c3ccccc3)cc2)c(F)c1. The van der Waals surface area contributed by atoms with Crippen LogP contribution in [0, 0.1) is 23.6 Å². The van der Waals surface area contributed by atoms with Gasteiger partial charge in [0.05, 0.1) is 5.56 Å². The van der Waals surface area contributed by atoms with E-state index in [0.29, 0.717) is 12.0 Å². The molecular formula is C24H21F2N. The number of halogens is 2. The fourth-order valence-electron chi connectivity index (χ4n) is 2.81. The van der Waals surface area contributed by atoms with Crippen molar-refractivity contribution in [3.63, 3.8) is 0 Å². The lowest BCUT2D eigenvalue weighted by molar-refractivity contribution is 0.572. The lowest BCUT2D eigenvalue weighted by atomic mass is 10.1. The molecule has 0 saturated carbocycles. The summed E-state index contributed by atoms with van der Waals surface area (Å²) in [6.45, 7) is 2.05. The first-order valence-corrected chi connectivity index (χ1v) is 9.08. The second-order valence-electron chi connectivity index (χ2n) is 6.36. The van der Waals surface area contributed by atoms with Crippen LogP contribution in [0.2, 0.25) is 0 Å². The summed E-state index contributed by atoms with van der Waals surface area (Å²) in [6, 6.07) is 23.1. The highest BCUT2D eigenvalue weighted by Crippen LogP contribution is 2.21. The number of unbranched alkanes of at least 4 members (excludes halogenated alkanes) is 1. The topological polar surface area (TPSA) is 12.0 Å². The van der Waals surface area contributed by atoms with Crippen LogP contribution >= 0.6 is 0 Å². The van der Waals surface area contributed by atoms with Gasteiger partial charge in [0.15, 0.2) is 0 Å². The van der Waals surface area contributed by atoms with Crippen LogP contribution in [0.5, 0.6) is 0 Å². The zero-order valence-electron chi connectivity index (χ0n) is 15.2. The van der Waals surface area contributed by atoms with Crippen molar-refractivity contribution in [2.45, 2.75) is 26.2 Å². The average Bonchev–Trinajstić information content (AvgIpc) is 2.69. The monoisotopic (exact) mass is 361 g/mol. The molecule has 0 saturated heterocycles. The molecule has 0 fully saturated rings. The van der Waals surface area contributed by atoms with Crippen molar-refractivity contribution < 1.29 is 8.78 Å². The quantitative estimate of drug-likeness (QED) is 0.410. The molecule has 0 aliphatic carbocycles. The van der Waals surface area contributed by atoms with Crippen molar-refractivity contribution in [1.82, 2.24) is 0 Å². The molecule has 3 rings (SSSR count). The molecule has 0 aliphatic rings. The molecule has 3 heteroatoms. The fourth-order valence-corrected chi connectivity index (χ4v) is 2.81. The Labute approximate surface area is 159 Å². The highest BCUT2D eigenvalue weighted by atomic mass is 19.1. The third-order valence-corrected chi connectivity index (χ3v) is 4.31. The molecule has 0 bridgehead atoms. The van der Waals surface area contributed by atoms with E-state index in [1.165, 1.54) is 12.1 Å². The fraction of sp³-hybridized carbons (Fsp3) is 0.167. The standard InChI is InChI=1S/C24H21F2N/c1-2-3-7-18-16-23(25)22(24(26)17-18)14-15-27-21-12-10-20(11-13-21)19-8-5-4-6-9-19/h4-6,8-13,16-17,27H,2-3,7H2,1H3. The van der Waals surface area contributed by atoms with Crippen molar-refractivity contribution in [2.24, 2.45) is 0 Å². The number of benzene rings is 3. The van der Waals surface area contributed by atoms with Crippen LogP contribution in [0.1, 0.15) is 30.9 Å². The first kappa shape index (κ1) is 18.7. The van der Waals surface area contributed by atoms with E-state index in [0.717, 1.165) is 29.7 Å². The van der Waals surface area contributed by atoms with Crippen molar-refractivity contribution in [1.29, 1.82) is 0 Å². The molecule has 0 spiro atoms. The van der Waals surface area contributed by atoms with Crippen LogP contribution in [-0.2, 0) is 6.42 Å². The summed E-state index contributed by atoms with van der Waals surface area (Å²) in [4.78, 5) is 0. The Balaban J connectivity index is 1.70. The predicted octanol–water partition coefficient (Wildman–Crippen LogP) is 6.40. The Morgan fingerprint density at radius 3 is 2.11 bits per heavy atom. The molecular weight excluding hydrogens is 340 g/mol. The van der Waals surface area contributed by atoms with Gasteiger partial charge in [0.25, 0.3) is 0 Å². The lowest BCUT2D eigenvalue weighted by Crippen LogP contribution is -1.96. The summed E-state index contributed by atoms with van der Waals surface area (Å²) in [5.74, 6) is 1.32. The first-order valence-electron chi connectivity index (χ1n) is 9.08.